The van der Waals surface area contributed by atoms with Gasteiger partial charge in [0.25, 0.3) is 5.91 Å². The van der Waals surface area contributed by atoms with Gasteiger partial charge < -0.3 is 26.0 Å². The SMILES string of the molecule is C=CC(=O)N[C@H]1CC[C@@H](NC(=O)C2=C3NC(=O)N(c4cnc(OC(C)C)cc4C)C4CCNC(S2)C34)C1. The summed E-state index contributed by atoms with van der Waals surface area (Å²) in [6.07, 6.45) is 6.01. The molecule has 4 amide bonds. The normalized spacial score (nSPS) is 28.6. The lowest BCUT2D eigenvalue weighted by atomic mass is 9.86. The zero-order valence-electron chi connectivity index (χ0n) is 21.4. The summed E-state index contributed by atoms with van der Waals surface area (Å²) in [5, 5.41) is 12.6. The van der Waals surface area contributed by atoms with Gasteiger partial charge in [0.05, 0.1) is 34.3 Å². The molecule has 4 heterocycles. The van der Waals surface area contributed by atoms with Gasteiger partial charge in [-0.2, -0.15) is 0 Å². The largest absolute Gasteiger partial charge is 0.475 e. The van der Waals surface area contributed by atoms with Crippen molar-refractivity contribution in [3.05, 3.63) is 41.1 Å². The van der Waals surface area contributed by atoms with Gasteiger partial charge in [-0.25, -0.2) is 9.78 Å². The van der Waals surface area contributed by atoms with E-state index in [1.54, 1.807) is 11.1 Å². The first kappa shape index (κ1) is 25.6. The number of anilines is 1. The summed E-state index contributed by atoms with van der Waals surface area (Å²) < 4.78 is 5.72. The monoisotopic (exact) mass is 526 g/mol. The van der Waals surface area contributed by atoms with Crippen LogP contribution in [0.25, 0.3) is 0 Å². The summed E-state index contributed by atoms with van der Waals surface area (Å²) in [5.74, 6) is 0.131. The Hall–Kier alpha value is -3.05. The van der Waals surface area contributed by atoms with Crippen LogP contribution in [0.3, 0.4) is 0 Å². The summed E-state index contributed by atoms with van der Waals surface area (Å²) in [5.41, 5.74) is 2.36. The highest BCUT2D eigenvalue weighted by atomic mass is 32.2. The van der Waals surface area contributed by atoms with Gasteiger partial charge in [-0.05, 0) is 64.6 Å². The Kier molecular flexibility index (Phi) is 7.17. The maximum atomic E-state index is 13.5. The van der Waals surface area contributed by atoms with Crippen molar-refractivity contribution in [1.82, 2.24) is 26.3 Å². The molecule has 1 aromatic heterocycles. The molecule has 3 fully saturated rings. The highest BCUT2D eigenvalue weighted by molar-refractivity contribution is 8.04. The van der Waals surface area contributed by atoms with Crippen molar-refractivity contribution >= 4 is 35.3 Å². The number of pyridine rings is 1. The third kappa shape index (κ3) is 5.06. The third-order valence-corrected chi connectivity index (χ3v) is 8.68. The van der Waals surface area contributed by atoms with E-state index in [0.29, 0.717) is 22.9 Å². The fourth-order valence-electron chi connectivity index (χ4n) is 5.74. The van der Waals surface area contributed by atoms with Crippen molar-refractivity contribution in [3.63, 3.8) is 0 Å². The fourth-order valence-corrected chi connectivity index (χ4v) is 7.14. The Labute approximate surface area is 221 Å². The number of aryl methyl sites for hydroxylation is 1. The number of ether oxygens (including phenoxy) is 1. The highest BCUT2D eigenvalue weighted by Gasteiger charge is 2.52. The number of aromatic nitrogens is 1. The highest BCUT2D eigenvalue weighted by Crippen LogP contribution is 2.48. The van der Waals surface area contributed by atoms with Gasteiger partial charge in [0.2, 0.25) is 11.8 Å². The summed E-state index contributed by atoms with van der Waals surface area (Å²) >= 11 is 1.49. The first-order valence-electron chi connectivity index (χ1n) is 12.9. The van der Waals surface area contributed by atoms with Crippen molar-refractivity contribution in [2.75, 3.05) is 11.4 Å². The molecule has 1 saturated carbocycles. The van der Waals surface area contributed by atoms with Crippen LogP contribution in [0.5, 0.6) is 5.88 Å². The lowest BCUT2D eigenvalue weighted by molar-refractivity contribution is -0.117. The van der Waals surface area contributed by atoms with E-state index in [2.05, 4.69) is 32.8 Å². The molecule has 5 rings (SSSR count). The quantitative estimate of drug-likeness (QED) is 0.402. The Morgan fingerprint density at radius 3 is 2.73 bits per heavy atom. The van der Waals surface area contributed by atoms with Crippen LogP contribution in [0.4, 0.5) is 10.5 Å². The van der Waals surface area contributed by atoms with E-state index in [9.17, 15) is 14.4 Å². The van der Waals surface area contributed by atoms with E-state index in [-0.39, 0.29) is 53.4 Å². The van der Waals surface area contributed by atoms with Crippen molar-refractivity contribution in [2.45, 2.75) is 76.1 Å². The van der Waals surface area contributed by atoms with Crippen molar-refractivity contribution in [1.29, 1.82) is 0 Å². The van der Waals surface area contributed by atoms with Gasteiger partial charge in [-0.15, -0.1) is 0 Å². The van der Waals surface area contributed by atoms with E-state index in [4.69, 9.17) is 4.74 Å². The zero-order chi connectivity index (χ0) is 26.3. The fraction of sp³-hybridized carbons (Fsp3) is 0.538. The van der Waals surface area contributed by atoms with E-state index in [0.717, 1.165) is 37.1 Å². The number of carbonyl (C=O) groups excluding carboxylic acids is 3. The first-order chi connectivity index (χ1) is 17.7. The molecule has 5 atom stereocenters. The predicted molar refractivity (Wildman–Crippen MR) is 142 cm³/mol. The number of hydrogen-bond acceptors (Lipinski definition) is 7. The zero-order valence-corrected chi connectivity index (χ0v) is 22.2. The molecule has 3 unspecified atom stereocenters. The number of nitrogens with one attached hydrogen (secondary N) is 4. The number of hydrogen-bond donors (Lipinski definition) is 4. The van der Waals surface area contributed by atoms with E-state index < -0.39 is 0 Å². The summed E-state index contributed by atoms with van der Waals surface area (Å²) in [6, 6.07) is 1.52. The van der Waals surface area contributed by atoms with Crippen LogP contribution in [-0.2, 0) is 9.59 Å². The number of amides is 4. The Bertz CT molecular complexity index is 1150. The number of nitrogens with zero attached hydrogens (tertiary/aromatic N) is 2. The minimum Gasteiger partial charge on any atom is -0.475 e. The summed E-state index contributed by atoms with van der Waals surface area (Å²) in [6.45, 7) is 10.1. The van der Waals surface area contributed by atoms with Crippen molar-refractivity contribution < 1.29 is 19.1 Å². The van der Waals surface area contributed by atoms with Crippen molar-refractivity contribution in [3.8, 4) is 5.88 Å². The predicted octanol–water partition coefficient (Wildman–Crippen LogP) is 2.31. The molecule has 37 heavy (non-hydrogen) atoms. The first-order valence-corrected chi connectivity index (χ1v) is 13.7. The Morgan fingerprint density at radius 2 is 2.03 bits per heavy atom. The summed E-state index contributed by atoms with van der Waals surface area (Å²) in [7, 11) is 0. The lowest BCUT2D eigenvalue weighted by Gasteiger charge is -2.46. The van der Waals surface area contributed by atoms with E-state index in [1.165, 1.54) is 17.8 Å². The molecule has 1 aromatic rings. The molecule has 4 aliphatic rings. The van der Waals surface area contributed by atoms with E-state index >= 15 is 0 Å². The van der Waals surface area contributed by atoms with Crippen LogP contribution in [0, 0.1) is 12.8 Å². The second-order valence-corrected chi connectivity index (χ2v) is 11.4. The minimum atomic E-state index is -0.250. The van der Waals surface area contributed by atoms with Gasteiger partial charge in [0.15, 0.2) is 0 Å². The number of rotatable bonds is 7. The average Bonchev–Trinajstić information content (AvgIpc) is 3.44. The van der Waals surface area contributed by atoms with E-state index in [1.807, 2.05) is 26.8 Å². The molecule has 0 spiro atoms. The van der Waals surface area contributed by atoms with Crippen LogP contribution >= 0.6 is 11.8 Å². The molecular weight excluding hydrogens is 492 g/mol. The Morgan fingerprint density at radius 1 is 1.27 bits per heavy atom. The third-order valence-electron chi connectivity index (χ3n) is 7.32. The molecule has 4 N–H and O–H groups in total. The molecular formula is C26H34N6O4S. The molecule has 2 saturated heterocycles. The van der Waals surface area contributed by atoms with Crippen LogP contribution in [0.15, 0.2) is 35.5 Å². The maximum absolute atomic E-state index is 13.5. The lowest BCUT2D eigenvalue weighted by Crippen LogP contribution is -2.62. The smallest absolute Gasteiger partial charge is 0.326 e. The van der Waals surface area contributed by atoms with Crippen LogP contribution < -0.4 is 30.9 Å². The molecule has 198 valence electrons. The maximum Gasteiger partial charge on any atom is 0.326 e. The Balaban J connectivity index is 1.34. The molecule has 1 aliphatic carbocycles. The molecule has 10 nitrogen and oxygen atoms in total. The van der Waals surface area contributed by atoms with Gasteiger partial charge >= 0.3 is 6.03 Å². The number of thioether (sulfide) groups is 1. The van der Waals surface area contributed by atoms with Crippen LogP contribution in [-0.4, -0.2) is 59.0 Å². The van der Waals surface area contributed by atoms with Crippen LogP contribution in [0.1, 0.15) is 45.1 Å². The average molecular weight is 527 g/mol. The second kappa shape index (κ2) is 10.4. The second-order valence-electron chi connectivity index (χ2n) is 10.3. The topological polar surface area (TPSA) is 125 Å². The van der Waals surface area contributed by atoms with Gasteiger partial charge in [0.1, 0.15) is 0 Å². The molecule has 11 heteroatoms. The van der Waals surface area contributed by atoms with Gasteiger partial charge in [0, 0.05) is 29.8 Å². The molecule has 0 bridgehead atoms. The standard InChI is InChI=1S/C26H34N6O4S/c1-5-19(33)29-15-6-7-16(11-15)30-24(34)23-22-21-17(8-9-27-25(21)37-23)32(26(35)31-22)18-12-28-20(10-14(18)4)36-13(2)3/h5,10,12-13,15-17,21,25,27H,1,6-9,11H2,2-4H3,(H,29,33)(H,30,34)(H,31,35)/t15-,16+,17?,21?,25?/m0/s1. The van der Waals surface area contributed by atoms with Crippen LogP contribution in [0.2, 0.25) is 0 Å². The molecule has 3 aliphatic heterocycles. The molecule has 0 aromatic carbocycles. The van der Waals surface area contributed by atoms with Gasteiger partial charge in [-0.1, -0.05) is 18.3 Å². The van der Waals surface area contributed by atoms with Crippen molar-refractivity contribution in [2.24, 2.45) is 5.92 Å². The minimum absolute atomic E-state index is 0.00220. The molecule has 0 radical (unpaired) electrons. The summed E-state index contributed by atoms with van der Waals surface area (Å²) in [4.78, 5) is 45.2. The number of piperidine rings is 1. The van der Waals surface area contributed by atoms with Gasteiger partial charge in [-0.3, -0.25) is 14.5 Å². The number of carbonyl (C=O) groups is 3. The number of urea groups is 1.